The zero-order chi connectivity index (χ0) is 29.7. The third kappa shape index (κ3) is 6.14. The Balaban J connectivity index is 1.75. The molecule has 0 saturated heterocycles. The standard InChI is InChI=1S/C29H24ClN5O5S/c1-3-40-29(37)26-25(20-7-5-4-6-8-20)24(17-31)28(36)35(27(26)32)33-18(2)19-9-13-22(14-10-19)34-41(38,39)23-15-11-21(30)12-16-23/h4-16,34H,3,32H2,1-2H3/b33-18+. The molecule has 10 nitrogen and oxygen atoms in total. The molecular weight excluding hydrogens is 566 g/mol. The number of pyridine rings is 1. The Kier molecular flexibility index (Phi) is 8.56. The highest BCUT2D eigenvalue weighted by Crippen LogP contribution is 2.30. The number of nitrogens with one attached hydrogen (secondary N) is 1. The molecule has 1 heterocycles. The van der Waals surface area contributed by atoms with E-state index >= 15 is 0 Å². The minimum absolute atomic E-state index is 0.0446. The number of aromatic nitrogens is 1. The molecule has 0 radical (unpaired) electrons. The molecule has 1 aromatic heterocycles. The Labute approximate surface area is 241 Å². The number of benzene rings is 3. The van der Waals surface area contributed by atoms with Crippen molar-refractivity contribution in [3.63, 3.8) is 0 Å². The molecule has 12 heteroatoms. The van der Waals surface area contributed by atoms with E-state index in [4.69, 9.17) is 22.1 Å². The van der Waals surface area contributed by atoms with Crippen LogP contribution in [0.1, 0.15) is 35.3 Å². The van der Waals surface area contributed by atoms with Crippen LogP contribution in [-0.4, -0.2) is 31.4 Å². The summed E-state index contributed by atoms with van der Waals surface area (Å²) in [5, 5.41) is 14.6. The highest BCUT2D eigenvalue weighted by molar-refractivity contribution is 7.92. The lowest BCUT2D eigenvalue weighted by Gasteiger charge is -2.16. The zero-order valence-corrected chi connectivity index (χ0v) is 23.5. The first kappa shape index (κ1) is 29.1. The predicted molar refractivity (Wildman–Crippen MR) is 158 cm³/mol. The first-order valence-corrected chi connectivity index (χ1v) is 14.1. The van der Waals surface area contributed by atoms with Crippen molar-refractivity contribution in [1.29, 1.82) is 5.26 Å². The smallest absolute Gasteiger partial charge is 0.342 e. The van der Waals surface area contributed by atoms with E-state index in [1.54, 1.807) is 56.3 Å². The van der Waals surface area contributed by atoms with Crippen LogP contribution < -0.4 is 16.0 Å². The lowest BCUT2D eigenvalue weighted by molar-refractivity contribution is 0.0527. The number of nitrogens with zero attached hydrogens (tertiary/aromatic N) is 3. The highest BCUT2D eigenvalue weighted by Gasteiger charge is 2.27. The number of anilines is 2. The molecule has 4 aromatic rings. The van der Waals surface area contributed by atoms with E-state index in [-0.39, 0.29) is 39.7 Å². The Hall–Kier alpha value is -4.92. The highest BCUT2D eigenvalue weighted by atomic mass is 35.5. The topological polar surface area (TPSA) is 157 Å². The monoisotopic (exact) mass is 589 g/mol. The Morgan fingerprint density at radius 1 is 1.07 bits per heavy atom. The number of nitrogens with two attached hydrogens (primary N) is 1. The SMILES string of the molecule is CCOC(=O)c1c(-c2ccccc2)c(C#N)c(=O)n(/N=C(\C)c2ccc(NS(=O)(=O)c3ccc(Cl)cc3)cc2)c1N. The van der Waals surface area contributed by atoms with Gasteiger partial charge in [0.05, 0.1) is 17.2 Å². The van der Waals surface area contributed by atoms with Crippen LogP contribution in [0.3, 0.4) is 0 Å². The zero-order valence-electron chi connectivity index (χ0n) is 22.0. The summed E-state index contributed by atoms with van der Waals surface area (Å²) in [6, 6.07) is 22.3. The maximum absolute atomic E-state index is 13.4. The van der Waals surface area contributed by atoms with Gasteiger partial charge in [-0.15, -0.1) is 0 Å². The fraction of sp³-hybridized carbons (Fsp3) is 0.103. The number of carbonyl (C=O) groups is 1. The molecule has 0 atom stereocenters. The number of nitrogen functional groups attached to an aromatic ring is 1. The van der Waals surface area contributed by atoms with Gasteiger partial charge in [0.1, 0.15) is 23.0 Å². The van der Waals surface area contributed by atoms with Crippen molar-refractivity contribution in [3.8, 4) is 17.2 Å². The third-order valence-electron chi connectivity index (χ3n) is 5.97. The van der Waals surface area contributed by atoms with Crippen molar-refractivity contribution < 1.29 is 17.9 Å². The number of hydrogen-bond acceptors (Lipinski definition) is 8. The Morgan fingerprint density at radius 2 is 1.71 bits per heavy atom. The van der Waals surface area contributed by atoms with Crippen LogP contribution >= 0.6 is 11.6 Å². The average molecular weight is 590 g/mol. The molecule has 4 rings (SSSR count). The van der Waals surface area contributed by atoms with Gasteiger partial charge in [-0.25, -0.2) is 13.2 Å². The number of hydrogen-bond donors (Lipinski definition) is 2. The van der Waals surface area contributed by atoms with E-state index in [2.05, 4.69) is 9.82 Å². The molecule has 0 fully saturated rings. The second-order valence-electron chi connectivity index (χ2n) is 8.65. The molecular formula is C29H24ClN5O5S. The first-order chi connectivity index (χ1) is 19.6. The van der Waals surface area contributed by atoms with Gasteiger partial charge >= 0.3 is 5.97 Å². The largest absolute Gasteiger partial charge is 0.462 e. The summed E-state index contributed by atoms with van der Waals surface area (Å²) in [5.41, 5.74) is 6.65. The van der Waals surface area contributed by atoms with Crippen LogP contribution in [0, 0.1) is 11.3 Å². The second-order valence-corrected chi connectivity index (χ2v) is 10.8. The number of sulfonamides is 1. The number of esters is 1. The van der Waals surface area contributed by atoms with E-state index in [9.17, 15) is 23.3 Å². The van der Waals surface area contributed by atoms with Crippen molar-refractivity contribution in [2.24, 2.45) is 5.10 Å². The van der Waals surface area contributed by atoms with Crippen molar-refractivity contribution in [3.05, 3.63) is 111 Å². The van der Waals surface area contributed by atoms with Crippen LogP contribution in [0.25, 0.3) is 11.1 Å². The lowest BCUT2D eigenvalue weighted by atomic mass is 9.96. The Bertz CT molecular complexity index is 1850. The summed E-state index contributed by atoms with van der Waals surface area (Å²) >= 11 is 5.84. The number of nitriles is 1. The van der Waals surface area contributed by atoms with Crippen molar-refractivity contribution in [2.45, 2.75) is 18.7 Å². The molecule has 0 bridgehead atoms. The molecule has 3 aromatic carbocycles. The molecule has 0 unspecified atom stereocenters. The molecule has 3 N–H and O–H groups in total. The van der Waals surface area contributed by atoms with Crippen molar-refractivity contribution in [1.82, 2.24) is 4.68 Å². The van der Waals surface area contributed by atoms with Gasteiger partial charge in [0, 0.05) is 16.3 Å². The normalized spacial score (nSPS) is 11.5. The average Bonchev–Trinajstić information content (AvgIpc) is 2.96. The summed E-state index contributed by atoms with van der Waals surface area (Å²) in [5.74, 6) is -1.10. The summed E-state index contributed by atoms with van der Waals surface area (Å²) in [6.45, 7) is 3.27. The molecule has 208 valence electrons. The van der Waals surface area contributed by atoms with Gasteiger partial charge in [-0.1, -0.05) is 54.1 Å². The Morgan fingerprint density at radius 3 is 2.29 bits per heavy atom. The van der Waals surface area contributed by atoms with Crippen LogP contribution in [0.15, 0.2) is 93.7 Å². The number of rotatable bonds is 8. The van der Waals surface area contributed by atoms with Crippen LogP contribution in [-0.2, 0) is 14.8 Å². The molecule has 0 aliphatic rings. The summed E-state index contributed by atoms with van der Waals surface area (Å²) in [6.07, 6.45) is 0. The fourth-order valence-corrected chi connectivity index (χ4v) is 5.19. The van der Waals surface area contributed by atoms with E-state index in [0.717, 1.165) is 4.68 Å². The van der Waals surface area contributed by atoms with Gasteiger partial charge in [-0.2, -0.15) is 15.0 Å². The van der Waals surface area contributed by atoms with Gasteiger partial charge in [-0.3, -0.25) is 9.52 Å². The molecule has 0 amide bonds. The molecule has 0 saturated carbocycles. The minimum atomic E-state index is -3.85. The minimum Gasteiger partial charge on any atom is -0.462 e. The van der Waals surface area contributed by atoms with Gasteiger partial charge in [0.2, 0.25) is 0 Å². The summed E-state index contributed by atoms with van der Waals surface area (Å²) in [4.78, 5) is 26.4. The van der Waals surface area contributed by atoms with Crippen LogP contribution in [0.4, 0.5) is 11.5 Å². The third-order valence-corrected chi connectivity index (χ3v) is 7.62. The molecule has 0 aliphatic heterocycles. The van der Waals surface area contributed by atoms with E-state index in [1.165, 1.54) is 36.4 Å². The quantitative estimate of drug-likeness (QED) is 0.219. The first-order valence-electron chi connectivity index (χ1n) is 12.2. The summed E-state index contributed by atoms with van der Waals surface area (Å²) in [7, 11) is -3.85. The van der Waals surface area contributed by atoms with Gasteiger partial charge < -0.3 is 10.5 Å². The summed E-state index contributed by atoms with van der Waals surface area (Å²) < 4.78 is 33.8. The van der Waals surface area contributed by atoms with Crippen molar-refractivity contribution >= 4 is 44.8 Å². The number of ether oxygens (including phenoxy) is 1. The fourth-order valence-electron chi connectivity index (χ4n) is 4.00. The number of carbonyl (C=O) groups excluding carboxylic acids is 1. The number of halogens is 1. The maximum atomic E-state index is 13.4. The predicted octanol–water partition coefficient (Wildman–Crippen LogP) is 4.87. The molecule has 0 aliphatic carbocycles. The van der Waals surface area contributed by atoms with Gasteiger partial charge in [-0.05, 0) is 61.4 Å². The van der Waals surface area contributed by atoms with Crippen LogP contribution in [0.2, 0.25) is 5.02 Å². The van der Waals surface area contributed by atoms with Gasteiger partial charge in [0.15, 0.2) is 0 Å². The van der Waals surface area contributed by atoms with Gasteiger partial charge in [0.25, 0.3) is 15.6 Å². The maximum Gasteiger partial charge on any atom is 0.342 e. The van der Waals surface area contributed by atoms with E-state index in [0.29, 0.717) is 21.9 Å². The lowest BCUT2D eigenvalue weighted by Crippen LogP contribution is -2.28. The van der Waals surface area contributed by atoms with E-state index < -0.39 is 21.6 Å². The van der Waals surface area contributed by atoms with E-state index in [1.807, 2.05) is 6.07 Å². The molecule has 41 heavy (non-hydrogen) atoms. The van der Waals surface area contributed by atoms with Crippen LogP contribution in [0.5, 0.6) is 0 Å². The van der Waals surface area contributed by atoms with Crippen molar-refractivity contribution in [2.75, 3.05) is 17.1 Å². The molecule has 0 spiro atoms. The second kappa shape index (κ2) is 12.1.